The van der Waals surface area contributed by atoms with Crippen LogP contribution in [0.1, 0.15) is 31.0 Å². The Labute approximate surface area is 190 Å². The van der Waals surface area contributed by atoms with E-state index >= 15 is 0 Å². The molecule has 0 atom stereocenters. The summed E-state index contributed by atoms with van der Waals surface area (Å²) in [6, 6.07) is -0.117. The van der Waals surface area contributed by atoms with Crippen molar-refractivity contribution < 1.29 is 24.6 Å². The summed E-state index contributed by atoms with van der Waals surface area (Å²) >= 11 is 11.9. The number of nitro groups is 1. The molecule has 13 nitrogen and oxygen atoms in total. The Balaban J connectivity index is 1.55. The van der Waals surface area contributed by atoms with Crippen molar-refractivity contribution in [2.45, 2.75) is 44.7 Å². The molecule has 0 spiro atoms. The highest BCUT2D eigenvalue weighted by atomic mass is 35.5. The van der Waals surface area contributed by atoms with Crippen molar-refractivity contribution in [2.24, 2.45) is 0 Å². The lowest BCUT2D eigenvalue weighted by molar-refractivity contribution is -0.389. The van der Waals surface area contributed by atoms with E-state index in [1.807, 2.05) is 0 Å². The minimum atomic E-state index is -2.78. The molecule has 1 saturated heterocycles. The lowest BCUT2D eigenvalue weighted by Crippen LogP contribution is -2.37. The van der Waals surface area contributed by atoms with Crippen molar-refractivity contribution in [3.05, 3.63) is 32.4 Å². The maximum atomic E-state index is 11.6. The van der Waals surface area contributed by atoms with Gasteiger partial charge < -0.3 is 19.7 Å². The molecular formula is C17H19Cl2N7O6. The molecule has 32 heavy (non-hydrogen) atoms. The molecule has 1 fully saturated rings. The molecule has 3 aromatic heterocycles. The van der Waals surface area contributed by atoms with Crippen LogP contribution in [0.2, 0.25) is 10.4 Å². The van der Waals surface area contributed by atoms with Gasteiger partial charge in [0.05, 0.1) is 29.3 Å². The highest BCUT2D eigenvalue weighted by Gasteiger charge is 2.36. The second kappa shape index (κ2) is 8.75. The van der Waals surface area contributed by atoms with E-state index in [0.29, 0.717) is 31.4 Å². The molecule has 3 aromatic rings. The van der Waals surface area contributed by atoms with Gasteiger partial charge in [-0.2, -0.15) is 10.1 Å². The van der Waals surface area contributed by atoms with E-state index in [-0.39, 0.29) is 34.4 Å². The van der Waals surface area contributed by atoms with Gasteiger partial charge in [-0.15, -0.1) is 5.10 Å². The molecule has 0 radical (unpaired) electrons. The summed E-state index contributed by atoms with van der Waals surface area (Å²) in [5.41, 5.74) is 0.108. The molecule has 0 aromatic carbocycles. The number of aryl methyl sites for hydroxylation is 1. The zero-order valence-electron chi connectivity index (χ0n) is 16.8. The highest BCUT2D eigenvalue weighted by molar-refractivity contribution is 6.34. The number of rotatable bonds is 7. The number of ether oxygens (including phenoxy) is 2. The summed E-state index contributed by atoms with van der Waals surface area (Å²) in [5.74, 6) is -3.27. The van der Waals surface area contributed by atoms with Crippen molar-refractivity contribution in [3.8, 4) is 5.88 Å². The van der Waals surface area contributed by atoms with Gasteiger partial charge in [0.2, 0.25) is 5.28 Å². The summed E-state index contributed by atoms with van der Waals surface area (Å²) in [6.45, 7) is 2.44. The van der Waals surface area contributed by atoms with Gasteiger partial charge in [-0.05, 0) is 31.4 Å². The van der Waals surface area contributed by atoms with E-state index < -0.39 is 28.9 Å². The topological polar surface area (TPSA) is 163 Å². The first-order valence-corrected chi connectivity index (χ1v) is 10.4. The van der Waals surface area contributed by atoms with Crippen LogP contribution in [0.4, 0.5) is 5.69 Å². The predicted molar refractivity (Wildman–Crippen MR) is 110 cm³/mol. The number of nitrogens with zero attached hydrogens (tertiary/aromatic N) is 7. The molecule has 0 bridgehead atoms. The summed E-state index contributed by atoms with van der Waals surface area (Å²) in [6.07, 6.45) is 2.22. The van der Waals surface area contributed by atoms with Crippen LogP contribution in [-0.2, 0) is 11.3 Å². The van der Waals surface area contributed by atoms with Crippen molar-refractivity contribution in [1.29, 1.82) is 0 Å². The zero-order chi connectivity index (χ0) is 23.0. The van der Waals surface area contributed by atoms with E-state index in [9.17, 15) is 20.3 Å². The first-order chi connectivity index (χ1) is 15.2. The quantitative estimate of drug-likeness (QED) is 0.218. The lowest BCUT2D eigenvalue weighted by atomic mass is 10.1. The number of aromatic nitrogens is 6. The Kier molecular flexibility index (Phi) is 6.18. The molecular weight excluding hydrogens is 469 g/mol. The average molecular weight is 488 g/mol. The Morgan fingerprint density at radius 1 is 1.34 bits per heavy atom. The van der Waals surface area contributed by atoms with E-state index in [2.05, 4.69) is 20.2 Å². The van der Waals surface area contributed by atoms with Crippen LogP contribution in [0.5, 0.6) is 5.88 Å². The third-order valence-corrected chi connectivity index (χ3v) is 5.59. The molecule has 15 heteroatoms. The van der Waals surface area contributed by atoms with Gasteiger partial charge in [0, 0.05) is 19.4 Å². The number of fused-ring (bicyclic) bond motifs is 1. The molecule has 1 aliphatic rings. The SMILES string of the molecule is Cc1c([N+](=O)[O-])c(OC(O)(O)CCn2nc(Cl)c3cnc(Cl)nc32)nn1C1CCOCC1. The van der Waals surface area contributed by atoms with Crippen LogP contribution in [0.25, 0.3) is 11.0 Å². The number of hydrogen-bond donors (Lipinski definition) is 2. The maximum absolute atomic E-state index is 11.6. The van der Waals surface area contributed by atoms with E-state index in [4.69, 9.17) is 32.7 Å². The second-order valence-corrected chi connectivity index (χ2v) is 7.97. The van der Waals surface area contributed by atoms with Crippen molar-refractivity contribution in [2.75, 3.05) is 13.2 Å². The molecule has 0 saturated carbocycles. The Morgan fingerprint density at radius 2 is 2.06 bits per heavy atom. The van der Waals surface area contributed by atoms with Crippen LogP contribution in [-0.4, -0.2) is 63.9 Å². The number of hydrogen-bond acceptors (Lipinski definition) is 10. The standard InChI is InChI=1S/C17H19Cl2N7O6/c1-9-12(26(29)30)15(23-25(9)10-2-6-31-7-3-10)32-17(27,28)4-5-24-14-11(13(18)22-24)8-20-16(19)21-14/h8,10,27-28H,2-7H2,1H3. The summed E-state index contributed by atoms with van der Waals surface area (Å²) in [7, 11) is 0. The Bertz CT molecular complexity index is 1160. The predicted octanol–water partition coefficient (Wildman–Crippen LogP) is 2.01. The molecule has 172 valence electrons. The van der Waals surface area contributed by atoms with E-state index in [1.165, 1.54) is 22.5 Å². The van der Waals surface area contributed by atoms with Gasteiger partial charge in [-0.3, -0.25) is 14.8 Å². The molecule has 0 amide bonds. The van der Waals surface area contributed by atoms with E-state index in [1.54, 1.807) is 0 Å². The third kappa shape index (κ3) is 4.47. The minimum Gasteiger partial charge on any atom is -0.414 e. The van der Waals surface area contributed by atoms with Crippen LogP contribution in [0, 0.1) is 17.0 Å². The summed E-state index contributed by atoms with van der Waals surface area (Å²) in [5, 5.41) is 41.1. The third-order valence-electron chi connectivity index (χ3n) is 5.13. The first kappa shape index (κ1) is 22.6. The molecule has 1 aliphatic heterocycles. The minimum absolute atomic E-state index is 0.0319. The Hall–Kier alpha value is -2.58. The van der Waals surface area contributed by atoms with E-state index in [0.717, 1.165) is 0 Å². The van der Waals surface area contributed by atoms with Crippen molar-refractivity contribution in [1.82, 2.24) is 29.5 Å². The van der Waals surface area contributed by atoms with Crippen LogP contribution >= 0.6 is 23.2 Å². The van der Waals surface area contributed by atoms with Gasteiger partial charge in [0.1, 0.15) is 5.69 Å². The van der Waals surface area contributed by atoms with Gasteiger partial charge in [-0.1, -0.05) is 11.6 Å². The van der Waals surface area contributed by atoms with Crippen LogP contribution < -0.4 is 4.74 Å². The highest BCUT2D eigenvalue weighted by Crippen LogP contribution is 2.35. The Morgan fingerprint density at radius 3 is 2.75 bits per heavy atom. The first-order valence-electron chi connectivity index (χ1n) is 9.66. The fourth-order valence-corrected chi connectivity index (χ4v) is 3.92. The van der Waals surface area contributed by atoms with Gasteiger partial charge in [0.25, 0.3) is 0 Å². The largest absolute Gasteiger partial charge is 0.414 e. The fraction of sp³-hybridized carbons (Fsp3) is 0.529. The van der Waals surface area contributed by atoms with Gasteiger partial charge in [0.15, 0.2) is 10.8 Å². The van der Waals surface area contributed by atoms with Crippen LogP contribution in [0.3, 0.4) is 0 Å². The smallest absolute Gasteiger partial charge is 0.353 e. The van der Waals surface area contributed by atoms with Crippen molar-refractivity contribution >= 4 is 39.9 Å². The number of halogens is 2. The molecule has 4 rings (SSSR count). The normalized spacial score (nSPS) is 15.4. The second-order valence-electron chi connectivity index (χ2n) is 7.27. The summed E-state index contributed by atoms with van der Waals surface area (Å²) < 4.78 is 13.3. The van der Waals surface area contributed by atoms with Gasteiger partial charge >= 0.3 is 17.5 Å². The zero-order valence-corrected chi connectivity index (χ0v) is 18.3. The average Bonchev–Trinajstić information content (AvgIpc) is 3.23. The number of aliphatic hydroxyl groups is 2. The van der Waals surface area contributed by atoms with Crippen LogP contribution in [0.15, 0.2) is 6.20 Å². The van der Waals surface area contributed by atoms with Gasteiger partial charge in [-0.25, -0.2) is 9.67 Å². The summed E-state index contributed by atoms with van der Waals surface area (Å²) in [4.78, 5) is 18.8. The molecule has 0 unspecified atom stereocenters. The maximum Gasteiger partial charge on any atom is 0.353 e. The molecule has 4 heterocycles. The lowest BCUT2D eigenvalue weighted by Gasteiger charge is -2.23. The van der Waals surface area contributed by atoms with Crippen molar-refractivity contribution in [3.63, 3.8) is 0 Å². The molecule has 2 N–H and O–H groups in total. The monoisotopic (exact) mass is 487 g/mol. The fourth-order valence-electron chi connectivity index (χ4n) is 3.56. The molecule has 0 aliphatic carbocycles.